The third-order valence-electron chi connectivity index (χ3n) is 5.09. The van der Waals surface area contributed by atoms with Crippen molar-refractivity contribution in [1.29, 1.82) is 0 Å². The number of carbonyl (C=O) groups is 2. The third kappa shape index (κ3) is 3.71. The van der Waals surface area contributed by atoms with Crippen LogP contribution in [-0.4, -0.2) is 21.8 Å². The van der Waals surface area contributed by atoms with E-state index in [4.69, 9.17) is 0 Å². The fourth-order valence-electron chi connectivity index (χ4n) is 3.66. The van der Waals surface area contributed by atoms with Crippen molar-refractivity contribution in [3.8, 4) is 0 Å². The number of fused-ring (bicyclic) bond motifs is 2. The summed E-state index contributed by atoms with van der Waals surface area (Å²) in [6, 6.07) is 15.4. The normalized spacial score (nSPS) is 15.8. The number of aromatic nitrogens is 2. The fourth-order valence-corrected chi connectivity index (χ4v) is 5.40. The average molecular weight is 435 g/mol. The van der Waals surface area contributed by atoms with Gasteiger partial charge in [0.25, 0.3) is 0 Å². The van der Waals surface area contributed by atoms with Crippen LogP contribution in [0.5, 0.6) is 0 Å². The number of nitrogens with zero attached hydrogens (tertiary/aromatic N) is 2. The Hall–Kier alpha value is -3.10. The third-order valence-corrected chi connectivity index (χ3v) is 6.99. The number of hydrogen-bond acceptors (Lipinski definition) is 6. The van der Waals surface area contributed by atoms with Crippen molar-refractivity contribution in [1.82, 2.24) is 9.97 Å². The van der Waals surface area contributed by atoms with E-state index >= 15 is 0 Å². The van der Waals surface area contributed by atoms with Gasteiger partial charge in [-0.2, -0.15) is 0 Å². The van der Waals surface area contributed by atoms with Gasteiger partial charge >= 0.3 is 0 Å². The maximum atomic E-state index is 13.1. The molecule has 1 atom stereocenters. The second-order valence-electron chi connectivity index (χ2n) is 7.10. The van der Waals surface area contributed by atoms with Gasteiger partial charge in [0.05, 0.1) is 20.4 Å². The Labute approximate surface area is 180 Å². The van der Waals surface area contributed by atoms with E-state index < -0.39 is 5.92 Å². The molecule has 5 rings (SSSR count). The second kappa shape index (κ2) is 7.97. The van der Waals surface area contributed by atoms with Crippen molar-refractivity contribution in [2.24, 2.45) is 11.8 Å². The van der Waals surface area contributed by atoms with Crippen molar-refractivity contribution in [3.63, 3.8) is 0 Å². The van der Waals surface area contributed by atoms with Gasteiger partial charge in [0.15, 0.2) is 10.3 Å². The Morgan fingerprint density at radius 3 is 1.87 bits per heavy atom. The molecule has 8 heteroatoms. The molecule has 1 aliphatic rings. The molecule has 30 heavy (non-hydrogen) atoms. The summed E-state index contributed by atoms with van der Waals surface area (Å²) in [6.45, 7) is 0. The fraction of sp³-hybridized carbons (Fsp3) is 0.182. The molecule has 1 aliphatic carbocycles. The molecule has 0 fully saturated rings. The second-order valence-corrected chi connectivity index (χ2v) is 9.16. The first kappa shape index (κ1) is 18.9. The molecule has 0 unspecified atom stereocenters. The Balaban J connectivity index is 1.38. The smallest absolute Gasteiger partial charge is 0.239 e. The number of anilines is 2. The van der Waals surface area contributed by atoms with Crippen LogP contribution >= 0.6 is 22.7 Å². The Morgan fingerprint density at radius 1 is 0.867 bits per heavy atom. The van der Waals surface area contributed by atoms with Gasteiger partial charge in [-0.05, 0) is 43.0 Å². The summed E-state index contributed by atoms with van der Waals surface area (Å²) in [5, 5.41) is 6.72. The molecule has 0 aliphatic heterocycles. The standard InChI is InChI=1S/C22H18N4O2S2/c27-19(25-21-23-14-9-3-5-11-16(14)29-21)18(13-7-1-2-8-13)20(28)26-22-24-15-10-4-6-12-17(15)30-22/h1,3-7,9-13,18H,2,8H2,(H,23,25,27)(H,24,26,28)/t13-/m0/s1. The number of rotatable bonds is 5. The lowest BCUT2D eigenvalue weighted by Crippen LogP contribution is -2.38. The first-order valence-corrected chi connectivity index (χ1v) is 11.3. The number of allylic oxidation sites excluding steroid dienone is 2. The summed E-state index contributed by atoms with van der Waals surface area (Å²) in [4.78, 5) is 35.2. The van der Waals surface area contributed by atoms with Crippen LogP contribution in [0.4, 0.5) is 10.3 Å². The summed E-state index contributed by atoms with van der Waals surface area (Å²) in [5.41, 5.74) is 1.66. The molecule has 4 aromatic rings. The first-order chi connectivity index (χ1) is 14.7. The number of carbonyl (C=O) groups excluding carboxylic acids is 2. The van der Waals surface area contributed by atoms with Gasteiger partial charge in [-0.15, -0.1) is 0 Å². The van der Waals surface area contributed by atoms with E-state index in [1.54, 1.807) is 0 Å². The number of thiazole rings is 2. The van der Waals surface area contributed by atoms with Gasteiger partial charge in [-0.1, -0.05) is 59.1 Å². The van der Waals surface area contributed by atoms with E-state index in [-0.39, 0.29) is 17.7 Å². The highest BCUT2D eigenvalue weighted by Crippen LogP contribution is 2.31. The van der Waals surface area contributed by atoms with Crippen molar-refractivity contribution < 1.29 is 9.59 Å². The van der Waals surface area contributed by atoms with Crippen molar-refractivity contribution in [2.45, 2.75) is 12.8 Å². The Bertz CT molecular complexity index is 1120. The van der Waals surface area contributed by atoms with E-state index in [0.717, 1.165) is 33.3 Å². The maximum absolute atomic E-state index is 13.1. The van der Waals surface area contributed by atoms with E-state index in [0.29, 0.717) is 10.3 Å². The molecule has 0 radical (unpaired) electrons. The minimum atomic E-state index is -0.845. The van der Waals surface area contributed by atoms with Gasteiger partial charge in [0.2, 0.25) is 11.8 Å². The van der Waals surface area contributed by atoms with Crippen LogP contribution in [0, 0.1) is 11.8 Å². The van der Waals surface area contributed by atoms with Crippen LogP contribution in [0.2, 0.25) is 0 Å². The molecule has 2 N–H and O–H groups in total. The average Bonchev–Trinajstić information content (AvgIpc) is 3.46. The number of nitrogens with one attached hydrogen (secondary N) is 2. The van der Waals surface area contributed by atoms with Gasteiger partial charge in [-0.25, -0.2) is 9.97 Å². The molecule has 6 nitrogen and oxygen atoms in total. The predicted molar refractivity (Wildman–Crippen MR) is 122 cm³/mol. The van der Waals surface area contributed by atoms with E-state index in [9.17, 15) is 9.59 Å². The van der Waals surface area contributed by atoms with Gasteiger partial charge in [-0.3, -0.25) is 9.59 Å². The minimum absolute atomic E-state index is 0.145. The lowest BCUT2D eigenvalue weighted by Gasteiger charge is -2.19. The summed E-state index contributed by atoms with van der Waals surface area (Å²) in [7, 11) is 0. The number of benzene rings is 2. The quantitative estimate of drug-likeness (QED) is 0.339. The zero-order chi connectivity index (χ0) is 20.5. The topological polar surface area (TPSA) is 84.0 Å². The first-order valence-electron chi connectivity index (χ1n) is 9.67. The highest BCUT2D eigenvalue weighted by atomic mass is 32.1. The van der Waals surface area contributed by atoms with Crippen molar-refractivity contribution in [3.05, 3.63) is 60.7 Å². The number of amides is 2. The molecule has 0 bridgehead atoms. The monoisotopic (exact) mass is 434 g/mol. The summed E-state index contributed by atoms with van der Waals surface area (Å²) >= 11 is 2.80. The zero-order valence-corrected chi connectivity index (χ0v) is 17.5. The van der Waals surface area contributed by atoms with Crippen molar-refractivity contribution >= 4 is 65.2 Å². The van der Waals surface area contributed by atoms with E-state index in [2.05, 4.69) is 20.6 Å². The van der Waals surface area contributed by atoms with Crippen LogP contribution in [0.25, 0.3) is 20.4 Å². The van der Waals surface area contributed by atoms with E-state index in [1.807, 2.05) is 60.7 Å². The molecule has 2 amide bonds. The van der Waals surface area contributed by atoms with Crippen LogP contribution in [0.3, 0.4) is 0 Å². The minimum Gasteiger partial charge on any atom is -0.301 e. The van der Waals surface area contributed by atoms with Crippen LogP contribution in [0.15, 0.2) is 60.7 Å². The molecule has 2 heterocycles. The molecule has 0 spiro atoms. The molecule has 2 aromatic carbocycles. The summed E-state index contributed by atoms with van der Waals surface area (Å²) < 4.78 is 1.98. The number of para-hydroxylation sites is 2. The van der Waals surface area contributed by atoms with Gasteiger partial charge < -0.3 is 10.6 Å². The number of hydrogen-bond donors (Lipinski definition) is 2. The zero-order valence-electron chi connectivity index (χ0n) is 15.9. The highest BCUT2D eigenvalue weighted by molar-refractivity contribution is 7.22. The lowest BCUT2D eigenvalue weighted by molar-refractivity contribution is -0.130. The maximum Gasteiger partial charge on any atom is 0.239 e. The predicted octanol–water partition coefficient (Wildman–Crippen LogP) is 5.07. The summed E-state index contributed by atoms with van der Waals surface area (Å²) in [6.07, 6.45) is 5.61. The van der Waals surface area contributed by atoms with Crippen LogP contribution in [0.1, 0.15) is 12.8 Å². The molecule has 2 aromatic heterocycles. The Morgan fingerprint density at radius 2 is 1.40 bits per heavy atom. The van der Waals surface area contributed by atoms with Gasteiger partial charge in [0, 0.05) is 0 Å². The van der Waals surface area contributed by atoms with E-state index in [1.165, 1.54) is 22.7 Å². The summed E-state index contributed by atoms with van der Waals surface area (Å²) in [5.74, 6) is -1.68. The molecular formula is C22H18N4O2S2. The highest BCUT2D eigenvalue weighted by Gasteiger charge is 2.35. The van der Waals surface area contributed by atoms with Crippen LogP contribution < -0.4 is 10.6 Å². The largest absolute Gasteiger partial charge is 0.301 e. The molecule has 150 valence electrons. The van der Waals surface area contributed by atoms with Crippen molar-refractivity contribution in [2.75, 3.05) is 10.6 Å². The van der Waals surface area contributed by atoms with Crippen LogP contribution in [-0.2, 0) is 9.59 Å². The Kier molecular flexibility index (Phi) is 5.02. The molecule has 0 saturated heterocycles. The molecule has 0 saturated carbocycles. The SMILES string of the molecule is O=C(Nc1nc2ccccc2s1)C(C(=O)Nc1nc2ccccc2s1)[C@H]1C=CCC1. The van der Waals surface area contributed by atoms with Gasteiger partial charge in [0.1, 0.15) is 5.92 Å². The lowest BCUT2D eigenvalue weighted by atomic mass is 9.90. The molecular weight excluding hydrogens is 416 g/mol.